The Morgan fingerprint density at radius 1 is 0.902 bits per heavy atom. The van der Waals surface area contributed by atoms with Gasteiger partial charge in [-0.25, -0.2) is 4.79 Å². The number of amides is 1. The van der Waals surface area contributed by atoms with E-state index in [-0.39, 0.29) is 34.5 Å². The van der Waals surface area contributed by atoms with Crippen LogP contribution in [-0.4, -0.2) is 61.6 Å². The molecule has 0 aromatic heterocycles. The van der Waals surface area contributed by atoms with E-state index in [2.05, 4.69) is 48.2 Å². The molecule has 2 heterocycles. The number of hydrogen-bond donors (Lipinski definition) is 0. The fourth-order valence-electron chi connectivity index (χ4n) is 4.95. The highest BCUT2D eigenvalue weighted by Gasteiger charge is 2.34. The first-order valence-electron chi connectivity index (χ1n) is 13.5. The van der Waals surface area contributed by atoms with E-state index in [9.17, 15) is 14.4 Å². The van der Waals surface area contributed by atoms with Crippen LogP contribution in [0.4, 0.5) is 0 Å². The maximum Gasteiger partial charge on any atom is 0.347 e. The van der Waals surface area contributed by atoms with Gasteiger partial charge in [-0.05, 0) is 23.5 Å². The second-order valence-electron chi connectivity index (χ2n) is 9.75. The van der Waals surface area contributed by atoms with Gasteiger partial charge >= 0.3 is 11.9 Å². The van der Waals surface area contributed by atoms with E-state index >= 15 is 0 Å². The highest BCUT2D eigenvalue weighted by atomic mass is 32.2. The molecule has 8 nitrogen and oxygen atoms in total. The lowest BCUT2D eigenvalue weighted by Crippen LogP contribution is -2.41. The summed E-state index contributed by atoms with van der Waals surface area (Å²) in [6.07, 6.45) is 0.858. The van der Waals surface area contributed by atoms with Crippen molar-refractivity contribution in [1.82, 2.24) is 4.90 Å². The third-order valence-corrected chi connectivity index (χ3v) is 7.96. The summed E-state index contributed by atoms with van der Waals surface area (Å²) >= 11 is 1.94. The maximum atomic E-state index is 13.2. The van der Waals surface area contributed by atoms with Gasteiger partial charge in [-0.2, -0.15) is 11.8 Å². The van der Waals surface area contributed by atoms with Crippen molar-refractivity contribution in [2.24, 2.45) is 0 Å². The number of methoxy groups -OCH3 is 2. The first-order valence-corrected chi connectivity index (χ1v) is 14.7. The summed E-state index contributed by atoms with van der Waals surface area (Å²) in [6, 6.07) is 22.2. The summed E-state index contributed by atoms with van der Waals surface area (Å²) in [5.41, 5.74) is 2.59. The average molecular weight is 578 g/mol. The van der Waals surface area contributed by atoms with Gasteiger partial charge in [-0.15, -0.1) is 0 Å². The fraction of sp³-hybridized carbons (Fsp3) is 0.344. The number of ether oxygens (including phenoxy) is 4. The van der Waals surface area contributed by atoms with Gasteiger partial charge in [0.05, 0.1) is 20.1 Å². The van der Waals surface area contributed by atoms with Gasteiger partial charge in [0, 0.05) is 37.6 Å². The Morgan fingerprint density at radius 3 is 2.05 bits per heavy atom. The number of carbonyl (C=O) groups excluding carboxylic acids is 3. The molecule has 0 N–H and O–H groups in total. The first kappa shape index (κ1) is 30.0. The van der Waals surface area contributed by atoms with Crippen LogP contribution in [0.3, 0.4) is 0 Å². The highest BCUT2D eigenvalue weighted by Crippen LogP contribution is 2.50. The molecule has 1 saturated heterocycles. The summed E-state index contributed by atoms with van der Waals surface area (Å²) < 4.78 is 20.1. The van der Waals surface area contributed by atoms with Gasteiger partial charge in [0.2, 0.25) is 17.4 Å². The number of thioether (sulfide) groups is 1. The predicted octanol–water partition coefficient (Wildman–Crippen LogP) is 5.70. The van der Waals surface area contributed by atoms with Gasteiger partial charge < -0.3 is 23.8 Å². The standard InChI is InChI=1S/C21H25NOS.C11H10O6/c1-17(18-8-4-2-5-9-18)16-20(19-10-6-3-7-11-19)21(23)22-12-14-24-15-13-22;1-5(12)16-8-6-4-7(17-11(6)13)9(14-2)10(8)15-3/h2-11,17,20H,12-16H2,1H3;4H,1-3H3. The summed E-state index contributed by atoms with van der Waals surface area (Å²) in [4.78, 5) is 37.8. The van der Waals surface area contributed by atoms with E-state index in [0.29, 0.717) is 11.8 Å². The number of benzene rings is 3. The molecule has 1 fully saturated rings. The minimum Gasteiger partial charge on any atom is -0.490 e. The van der Waals surface area contributed by atoms with Crippen LogP contribution in [0.5, 0.6) is 23.0 Å². The Hall–Kier alpha value is -3.98. The van der Waals surface area contributed by atoms with Crippen molar-refractivity contribution in [3.05, 3.63) is 83.4 Å². The van der Waals surface area contributed by atoms with Crippen LogP contribution in [0.2, 0.25) is 0 Å². The van der Waals surface area contributed by atoms with Crippen LogP contribution in [0.15, 0.2) is 66.7 Å². The lowest BCUT2D eigenvalue weighted by molar-refractivity contribution is -0.133. The van der Waals surface area contributed by atoms with Crippen molar-refractivity contribution in [2.75, 3.05) is 38.8 Å². The third kappa shape index (κ3) is 7.21. The molecule has 2 unspecified atom stereocenters. The average Bonchev–Trinajstić information content (AvgIpc) is 3.34. The molecule has 3 aromatic rings. The van der Waals surface area contributed by atoms with Crippen LogP contribution in [0, 0.1) is 0 Å². The van der Waals surface area contributed by atoms with Gasteiger partial charge in [-0.3, -0.25) is 9.59 Å². The van der Waals surface area contributed by atoms with E-state index in [1.165, 1.54) is 32.8 Å². The Morgan fingerprint density at radius 2 is 1.49 bits per heavy atom. The zero-order chi connectivity index (χ0) is 29.4. The zero-order valence-corrected chi connectivity index (χ0v) is 24.6. The number of fused-ring (bicyclic) bond motifs is 2. The smallest absolute Gasteiger partial charge is 0.347 e. The van der Waals surface area contributed by atoms with Gasteiger partial charge in [-0.1, -0.05) is 67.6 Å². The molecule has 5 rings (SSSR count). The molecule has 2 atom stereocenters. The van der Waals surface area contributed by atoms with Crippen LogP contribution >= 0.6 is 11.8 Å². The second-order valence-corrected chi connectivity index (χ2v) is 11.0. The molecule has 2 aliphatic heterocycles. The Bertz CT molecular complexity index is 1360. The Balaban J connectivity index is 0.000000201. The quantitative estimate of drug-likeness (QED) is 0.249. The van der Waals surface area contributed by atoms with E-state index in [1.54, 1.807) is 0 Å². The van der Waals surface area contributed by atoms with Crippen molar-refractivity contribution in [1.29, 1.82) is 0 Å². The molecule has 1 amide bonds. The van der Waals surface area contributed by atoms with Gasteiger partial charge in [0.15, 0.2) is 11.5 Å². The summed E-state index contributed by atoms with van der Waals surface area (Å²) in [5, 5.41) is 0. The number of esters is 2. The largest absolute Gasteiger partial charge is 0.490 e. The lowest BCUT2D eigenvalue weighted by Gasteiger charge is -2.31. The molecule has 2 bridgehead atoms. The minimum atomic E-state index is -0.599. The molecule has 0 radical (unpaired) electrons. The summed E-state index contributed by atoms with van der Waals surface area (Å²) in [6.45, 7) is 5.22. The molecular weight excluding hydrogens is 542 g/mol. The van der Waals surface area contributed by atoms with Crippen molar-refractivity contribution >= 4 is 29.6 Å². The topological polar surface area (TPSA) is 91.4 Å². The SMILES string of the molecule is CC(CC(C(=O)N1CCSCC1)c1ccccc1)c1ccccc1.COc1c2cc(c(OC(C)=O)c1OC)C(=O)O2. The van der Waals surface area contributed by atoms with E-state index in [1.807, 2.05) is 36.0 Å². The van der Waals surface area contributed by atoms with Crippen molar-refractivity contribution in [2.45, 2.75) is 32.1 Å². The van der Waals surface area contributed by atoms with Crippen LogP contribution in [0.1, 0.15) is 53.6 Å². The Labute approximate surface area is 244 Å². The zero-order valence-electron chi connectivity index (χ0n) is 23.8. The highest BCUT2D eigenvalue weighted by molar-refractivity contribution is 7.99. The number of carbonyl (C=O) groups is 3. The lowest BCUT2D eigenvalue weighted by atomic mass is 9.85. The maximum absolute atomic E-state index is 13.2. The number of nitrogens with zero attached hydrogens (tertiary/aromatic N) is 1. The summed E-state index contributed by atoms with van der Waals surface area (Å²) in [7, 11) is 2.78. The molecule has 0 aliphatic carbocycles. The summed E-state index contributed by atoms with van der Waals surface area (Å²) in [5.74, 6) is 2.21. The minimum absolute atomic E-state index is 0.0168. The number of hydrogen-bond acceptors (Lipinski definition) is 8. The first-order chi connectivity index (χ1) is 19.8. The van der Waals surface area contributed by atoms with Crippen LogP contribution < -0.4 is 18.9 Å². The van der Waals surface area contributed by atoms with Crippen molar-refractivity contribution in [3.63, 3.8) is 0 Å². The van der Waals surface area contributed by atoms with Gasteiger partial charge in [0.1, 0.15) is 5.56 Å². The van der Waals surface area contributed by atoms with Crippen molar-refractivity contribution in [3.8, 4) is 23.0 Å². The van der Waals surface area contributed by atoms with Gasteiger partial charge in [0.25, 0.3) is 0 Å². The Kier molecular flexibility index (Phi) is 10.3. The second kappa shape index (κ2) is 14.1. The van der Waals surface area contributed by atoms with Crippen LogP contribution in [0.25, 0.3) is 0 Å². The van der Waals surface area contributed by atoms with E-state index in [4.69, 9.17) is 18.9 Å². The molecule has 3 aromatic carbocycles. The molecule has 2 aliphatic rings. The molecule has 9 heteroatoms. The fourth-order valence-corrected chi connectivity index (χ4v) is 5.85. The monoisotopic (exact) mass is 577 g/mol. The number of rotatable bonds is 8. The molecule has 216 valence electrons. The van der Waals surface area contributed by atoms with E-state index < -0.39 is 11.9 Å². The molecular formula is C32H35NO7S. The van der Waals surface area contributed by atoms with Crippen LogP contribution in [-0.2, 0) is 9.59 Å². The third-order valence-electron chi connectivity index (χ3n) is 7.01. The van der Waals surface area contributed by atoms with Crippen molar-refractivity contribution < 1.29 is 33.3 Å². The molecule has 0 spiro atoms. The predicted molar refractivity (Wildman–Crippen MR) is 158 cm³/mol. The normalized spacial score (nSPS) is 15.1. The molecule has 41 heavy (non-hydrogen) atoms. The van der Waals surface area contributed by atoms with E-state index in [0.717, 1.165) is 36.6 Å². The molecule has 0 saturated carbocycles.